The Morgan fingerprint density at radius 1 is 1.16 bits per heavy atom. The third kappa shape index (κ3) is 2.10. The van der Waals surface area contributed by atoms with Crippen LogP contribution < -0.4 is 10.2 Å². The number of nitrogens with one attached hydrogen (secondary N) is 1. The van der Waals surface area contributed by atoms with Gasteiger partial charge in [-0.3, -0.25) is 4.79 Å². The molecule has 1 atom stereocenters. The van der Waals surface area contributed by atoms with Crippen molar-refractivity contribution in [3.05, 3.63) is 30.3 Å². The first-order valence-electron chi connectivity index (χ1n) is 7.02. The topological polar surface area (TPSA) is 52.6 Å². The fourth-order valence-electron chi connectivity index (χ4n) is 3.44. The highest BCUT2D eigenvalue weighted by Crippen LogP contribution is 2.40. The standard InChI is InChI=1S/C15H20N2O2/c18-13-11-17(12-7-3-1-4-8-12)15(14(19)16-13)9-5-2-6-10-15/h1,3-4,7-8,14,19H,2,5-6,9-11H2,(H,16,18). The minimum Gasteiger partial charge on any atom is -0.371 e. The van der Waals surface area contributed by atoms with Crippen molar-refractivity contribution in [3.8, 4) is 0 Å². The van der Waals surface area contributed by atoms with Crippen molar-refractivity contribution < 1.29 is 9.90 Å². The average molecular weight is 260 g/mol. The molecule has 1 amide bonds. The number of anilines is 1. The van der Waals surface area contributed by atoms with Gasteiger partial charge in [-0.05, 0) is 25.0 Å². The molecule has 2 fully saturated rings. The van der Waals surface area contributed by atoms with Crippen molar-refractivity contribution in [2.75, 3.05) is 11.4 Å². The van der Waals surface area contributed by atoms with Crippen LogP contribution in [0.1, 0.15) is 32.1 Å². The van der Waals surface area contributed by atoms with Crippen molar-refractivity contribution in [1.82, 2.24) is 5.32 Å². The first-order valence-corrected chi connectivity index (χ1v) is 7.02. The van der Waals surface area contributed by atoms with E-state index in [1.165, 1.54) is 6.42 Å². The van der Waals surface area contributed by atoms with Crippen LogP contribution in [0.3, 0.4) is 0 Å². The SMILES string of the molecule is O=C1CN(c2ccccc2)C2(CCCCC2)C(O)N1. The van der Waals surface area contributed by atoms with Crippen molar-refractivity contribution in [3.63, 3.8) is 0 Å². The van der Waals surface area contributed by atoms with Crippen LogP contribution in [0.15, 0.2) is 30.3 Å². The molecule has 2 aliphatic rings. The lowest BCUT2D eigenvalue weighted by Crippen LogP contribution is -2.70. The fourth-order valence-corrected chi connectivity index (χ4v) is 3.44. The first-order chi connectivity index (χ1) is 9.22. The summed E-state index contributed by atoms with van der Waals surface area (Å²) >= 11 is 0. The van der Waals surface area contributed by atoms with E-state index in [4.69, 9.17) is 0 Å². The maximum absolute atomic E-state index is 11.8. The number of nitrogens with zero attached hydrogens (tertiary/aromatic N) is 1. The highest BCUT2D eigenvalue weighted by Gasteiger charge is 2.48. The van der Waals surface area contributed by atoms with Gasteiger partial charge in [-0.2, -0.15) is 0 Å². The Morgan fingerprint density at radius 2 is 1.84 bits per heavy atom. The van der Waals surface area contributed by atoms with Gasteiger partial charge in [0.15, 0.2) is 0 Å². The summed E-state index contributed by atoms with van der Waals surface area (Å²) in [5, 5.41) is 13.1. The third-order valence-corrected chi connectivity index (χ3v) is 4.43. The molecule has 1 aliphatic heterocycles. The number of hydrogen-bond donors (Lipinski definition) is 2. The molecule has 1 aromatic rings. The molecule has 0 radical (unpaired) electrons. The van der Waals surface area contributed by atoms with E-state index in [0.29, 0.717) is 6.54 Å². The molecular weight excluding hydrogens is 240 g/mol. The second-order valence-electron chi connectivity index (χ2n) is 5.56. The molecule has 3 rings (SSSR count). The van der Waals surface area contributed by atoms with Crippen LogP contribution in [0.4, 0.5) is 5.69 Å². The number of benzene rings is 1. The monoisotopic (exact) mass is 260 g/mol. The van der Waals surface area contributed by atoms with Crippen LogP contribution in [0.5, 0.6) is 0 Å². The first kappa shape index (κ1) is 12.5. The zero-order valence-electron chi connectivity index (χ0n) is 11.0. The Hall–Kier alpha value is -1.55. The van der Waals surface area contributed by atoms with Gasteiger partial charge in [-0.1, -0.05) is 37.5 Å². The van der Waals surface area contributed by atoms with Gasteiger partial charge < -0.3 is 15.3 Å². The van der Waals surface area contributed by atoms with E-state index in [-0.39, 0.29) is 11.4 Å². The lowest BCUT2D eigenvalue weighted by atomic mass is 9.77. The summed E-state index contributed by atoms with van der Waals surface area (Å²) in [6, 6.07) is 9.95. The Morgan fingerprint density at radius 3 is 2.53 bits per heavy atom. The highest BCUT2D eigenvalue weighted by molar-refractivity contribution is 5.84. The van der Waals surface area contributed by atoms with Gasteiger partial charge >= 0.3 is 0 Å². The fraction of sp³-hybridized carbons (Fsp3) is 0.533. The normalized spacial score (nSPS) is 26.3. The number of amides is 1. The van der Waals surface area contributed by atoms with E-state index in [2.05, 4.69) is 10.2 Å². The lowest BCUT2D eigenvalue weighted by molar-refractivity contribution is -0.128. The molecular formula is C15H20N2O2. The Balaban J connectivity index is 1.99. The molecule has 1 saturated carbocycles. The maximum Gasteiger partial charge on any atom is 0.241 e. The molecule has 0 bridgehead atoms. The molecule has 1 unspecified atom stereocenters. The van der Waals surface area contributed by atoms with Crippen molar-refractivity contribution in [2.24, 2.45) is 0 Å². The van der Waals surface area contributed by atoms with Crippen molar-refractivity contribution in [2.45, 2.75) is 43.9 Å². The van der Waals surface area contributed by atoms with E-state index in [0.717, 1.165) is 31.4 Å². The number of para-hydroxylation sites is 1. The molecule has 1 saturated heterocycles. The molecule has 2 N–H and O–H groups in total. The summed E-state index contributed by atoms with van der Waals surface area (Å²) in [5.74, 6) is -0.104. The molecule has 1 aliphatic carbocycles. The van der Waals surface area contributed by atoms with E-state index in [1.807, 2.05) is 30.3 Å². The molecule has 1 heterocycles. The zero-order chi connectivity index (χ0) is 13.3. The Kier molecular flexibility index (Phi) is 3.19. The minimum atomic E-state index is -0.769. The van der Waals surface area contributed by atoms with Gasteiger partial charge in [0, 0.05) is 5.69 Å². The lowest BCUT2D eigenvalue weighted by Gasteiger charge is -2.53. The Labute approximate surface area is 113 Å². The van der Waals surface area contributed by atoms with Crippen molar-refractivity contribution in [1.29, 1.82) is 0 Å². The number of aliphatic hydroxyl groups is 1. The van der Waals surface area contributed by atoms with Crippen LogP contribution in [0, 0.1) is 0 Å². The summed E-state index contributed by atoms with van der Waals surface area (Å²) in [6.07, 6.45) is 4.53. The summed E-state index contributed by atoms with van der Waals surface area (Å²) < 4.78 is 0. The summed E-state index contributed by atoms with van der Waals surface area (Å²) in [4.78, 5) is 13.9. The molecule has 1 aromatic carbocycles. The highest BCUT2D eigenvalue weighted by atomic mass is 16.3. The number of hydrogen-bond acceptors (Lipinski definition) is 3. The van der Waals surface area contributed by atoms with Gasteiger partial charge in [0.25, 0.3) is 0 Å². The molecule has 0 aromatic heterocycles. The molecule has 102 valence electrons. The van der Waals surface area contributed by atoms with Crippen LogP contribution in [0.25, 0.3) is 0 Å². The largest absolute Gasteiger partial charge is 0.371 e. The van der Waals surface area contributed by atoms with Crippen LogP contribution in [-0.4, -0.2) is 29.3 Å². The van der Waals surface area contributed by atoms with Crippen LogP contribution >= 0.6 is 0 Å². The van der Waals surface area contributed by atoms with E-state index in [9.17, 15) is 9.90 Å². The molecule has 1 spiro atoms. The second-order valence-corrected chi connectivity index (χ2v) is 5.56. The number of aliphatic hydroxyl groups excluding tert-OH is 1. The van der Waals surface area contributed by atoms with Crippen LogP contribution in [-0.2, 0) is 4.79 Å². The number of rotatable bonds is 1. The number of carbonyl (C=O) groups is 1. The van der Waals surface area contributed by atoms with Gasteiger partial charge in [0.05, 0.1) is 12.1 Å². The predicted molar refractivity (Wildman–Crippen MR) is 73.8 cm³/mol. The van der Waals surface area contributed by atoms with Gasteiger partial charge in [-0.15, -0.1) is 0 Å². The third-order valence-electron chi connectivity index (χ3n) is 4.43. The smallest absolute Gasteiger partial charge is 0.241 e. The molecule has 4 heteroatoms. The second kappa shape index (κ2) is 4.85. The summed E-state index contributed by atoms with van der Waals surface area (Å²) in [6.45, 7) is 0.334. The average Bonchev–Trinajstić information content (AvgIpc) is 2.45. The number of carbonyl (C=O) groups excluding carboxylic acids is 1. The summed E-state index contributed by atoms with van der Waals surface area (Å²) in [7, 11) is 0. The molecule has 4 nitrogen and oxygen atoms in total. The van der Waals surface area contributed by atoms with Gasteiger partial charge in [0.1, 0.15) is 6.23 Å². The van der Waals surface area contributed by atoms with Crippen LogP contribution in [0.2, 0.25) is 0 Å². The summed E-state index contributed by atoms with van der Waals surface area (Å²) in [5.41, 5.74) is 0.700. The van der Waals surface area contributed by atoms with E-state index >= 15 is 0 Å². The zero-order valence-corrected chi connectivity index (χ0v) is 11.0. The minimum absolute atomic E-state index is 0.104. The van der Waals surface area contributed by atoms with E-state index < -0.39 is 6.23 Å². The van der Waals surface area contributed by atoms with E-state index in [1.54, 1.807) is 0 Å². The van der Waals surface area contributed by atoms with Crippen molar-refractivity contribution >= 4 is 11.6 Å². The molecule has 19 heavy (non-hydrogen) atoms. The Bertz CT molecular complexity index is 454. The van der Waals surface area contributed by atoms with Gasteiger partial charge in [-0.25, -0.2) is 0 Å². The predicted octanol–water partition coefficient (Wildman–Crippen LogP) is 1.64. The van der Waals surface area contributed by atoms with Gasteiger partial charge in [0.2, 0.25) is 5.91 Å². The number of piperazine rings is 1. The quantitative estimate of drug-likeness (QED) is 0.807. The maximum atomic E-state index is 11.8.